The Hall–Kier alpha value is -2.17. The number of imide groups is 1. The molecule has 0 saturated carbocycles. The third kappa shape index (κ3) is 1.28. The molecule has 15 heavy (non-hydrogen) atoms. The second-order valence-corrected chi connectivity index (χ2v) is 3.15. The van der Waals surface area contributed by atoms with E-state index in [2.05, 4.69) is 0 Å². The maximum Gasteiger partial charge on any atom is 0.330 e. The van der Waals surface area contributed by atoms with Crippen molar-refractivity contribution in [2.75, 3.05) is 7.05 Å². The molecule has 2 rings (SSSR count). The molecule has 0 atom stereocenters. The Morgan fingerprint density at radius 1 is 1.13 bits per heavy atom. The van der Waals surface area contributed by atoms with Crippen LogP contribution < -0.4 is 4.57 Å². The lowest BCUT2D eigenvalue weighted by atomic mass is 10.3. The second kappa shape index (κ2) is 3.20. The molecular formula is C10H9N2O3+. The van der Waals surface area contributed by atoms with E-state index in [0.29, 0.717) is 0 Å². The third-order valence-corrected chi connectivity index (χ3v) is 2.21. The Morgan fingerprint density at radius 3 is 2.20 bits per heavy atom. The lowest BCUT2D eigenvalue weighted by Crippen LogP contribution is -2.37. The fourth-order valence-corrected chi connectivity index (χ4v) is 1.39. The van der Waals surface area contributed by atoms with Crippen molar-refractivity contribution in [1.82, 2.24) is 4.90 Å². The fraction of sp³-hybridized carbons (Fsp3) is 0.100. The highest BCUT2D eigenvalue weighted by Crippen LogP contribution is 2.16. The van der Waals surface area contributed by atoms with Gasteiger partial charge in [-0.05, 0) is 0 Å². The third-order valence-electron chi connectivity index (χ3n) is 2.21. The van der Waals surface area contributed by atoms with Crippen LogP contribution in [-0.2, 0) is 9.59 Å². The van der Waals surface area contributed by atoms with Gasteiger partial charge < -0.3 is 5.11 Å². The number of likely N-dealkylation sites (N-methyl/N-ethyl adjacent to an activating group) is 1. The average Bonchev–Trinajstić information content (AvgIpc) is 2.45. The van der Waals surface area contributed by atoms with E-state index >= 15 is 0 Å². The van der Waals surface area contributed by atoms with Crippen molar-refractivity contribution in [3.8, 4) is 0 Å². The number of aliphatic hydroxyl groups excluding tert-OH is 1. The van der Waals surface area contributed by atoms with E-state index in [4.69, 9.17) is 0 Å². The monoisotopic (exact) mass is 205 g/mol. The summed E-state index contributed by atoms with van der Waals surface area (Å²) in [6.07, 6.45) is 3.19. The minimum absolute atomic E-state index is 0.0110. The molecule has 5 heteroatoms. The normalized spacial score (nSPS) is 16.5. The Balaban J connectivity index is 2.55. The molecule has 1 N–H and O–H groups in total. The number of hydrogen-bond acceptors (Lipinski definition) is 3. The van der Waals surface area contributed by atoms with Gasteiger partial charge in [0.2, 0.25) is 0 Å². The number of carbonyl (C=O) groups excluding carboxylic acids is 2. The summed E-state index contributed by atoms with van der Waals surface area (Å²) in [6.45, 7) is 0. The number of nitrogens with zero attached hydrogens (tertiary/aromatic N) is 2. The van der Waals surface area contributed by atoms with Gasteiger partial charge in [0.1, 0.15) is 0 Å². The summed E-state index contributed by atoms with van der Waals surface area (Å²) < 4.78 is 1.42. The maximum atomic E-state index is 11.6. The first-order valence-electron chi connectivity index (χ1n) is 4.35. The zero-order chi connectivity index (χ0) is 11.0. The summed E-state index contributed by atoms with van der Waals surface area (Å²) in [6, 6.07) is 5.19. The summed E-state index contributed by atoms with van der Waals surface area (Å²) >= 11 is 0. The van der Waals surface area contributed by atoms with Crippen LogP contribution in [0.4, 0.5) is 0 Å². The Kier molecular flexibility index (Phi) is 2.00. The van der Waals surface area contributed by atoms with Crippen LogP contribution in [-0.4, -0.2) is 28.9 Å². The van der Waals surface area contributed by atoms with Gasteiger partial charge in [0, 0.05) is 19.2 Å². The van der Waals surface area contributed by atoms with Crippen molar-refractivity contribution in [2.24, 2.45) is 0 Å². The van der Waals surface area contributed by atoms with Crippen molar-refractivity contribution in [3.63, 3.8) is 0 Å². The zero-order valence-electron chi connectivity index (χ0n) is 8.04. The largest absolute Gasteiger partial charge is 0.498 e. The van der Waals surface area contributed by atoms with E-state index in [1.165, 1.54) is 11.6 Å². The molecule has 2 heterocycles. The predicted molar refractivity (Wildman–Crippen MR) is 50.3 cm³/mol. The maximum absolute atomic E-state index is 11.6. The molecule has 0 unspecified atom stereocenters. The number of rotatable bonds is 1. The van der Waals surface area contributed by atoms with E-state index in [-0.39, 0.29) is 5.70 Å². The van der Waals surface area contributed by atoms with Gasteiger partial charge in [-0.15, -0.1) is 0 Å². The lowest BCUT2D eigenvalue weighted by Gasteiger charge is -2.02. The number of carbonyl (C=O) groups is 2. The number of aromatic nitrogens is 1. The van der Waals surface area contributed by atoms with Crippen molar-refractivity contribution in [3.05, 3.63) is 36.4 Å². The van der Waals surface area contributed by atoms with E-state index < -0.39 is 17.6 Å². The van der Waals surface area contributed by atoms with Crippen molar-refractivity contribution >= 4 is 17.5 Å². The molecule has 0 bridgehead atoms. The van der Waals surface area contributed by atoms with E-state index in [0.717, 1.165) is 4.90 Å². The topological polar surface area (TPSA) is 61.5 Å². The standard InChI is InChI=1S/C10H8N2O3/c1-11-9(14)7(8(13)10(11)15)12-5-3-2-4-6-12/h2-6H,1H3/p+1. The van der Waals surface area contributed by atoms with Crippen LogP contribution in [0, 0.1) is 0 Å². The number of hydrogen-bond donors (Lipinski definition) is 1. The highest BCUT2D eigenvalue weighted by molar-refractivity contribution is 6.28. The summed E-state index contributed by atoms with van der Waals surface area (Å²) in [5.41, 5.74) is -0.0110. The van der Waals surface area contributed by atoms with Crippen molar-refractivity contribution < 1.29 is 19.3 Å². The van der Waals surface area contributed by atoms with Crippen LogP contribution in [0.25, 0.3) is 5.70 Å². The minimum Gasteiger partial charge on any atom is -0.498 e. The van der Waals surface area contributed by atoms with E-state index in [9.17, 15) is 14.7 Å². The molecular weight excluding hydrogens is 196 g/mol. The molecule has 0 aliphatic carbocycles. The Bertz CT molecular complexity index is 465. The molecule has 76 valence electrons. The van der Waals surface area contributed by atoms with Crippen LogP contribution in [0.3, 0.4) is 0 Å². The number of aliphatic hydroxyl groups is 1. The zero-order valence-corrected chi connectivity index (χ0v) is 8.04. The molecule has 2 amide bonds. The molecule has 0 aromatic carbocycles. The van der Waals surface area contributed by atoms with Crippen molar-refractivity contribution in [2.45, 2.75) is 0 Å². The molecule has 1 aromatic heterocycles. The minimum atomic E-state index is -0.675. The van der Waals surface area contributed by atoms with Gasteiger partial charge in [-0.3, -0.25) is 14.5 Å². The molecule has 1 aliphatic heterocycles. The molecule has 0 fully saturated rings. The average molecular weight is 205 g/mol. The molecule has 0 spiro atoms. The molecule has 1 aliphatic rings. The van der Waals surface area contributed by atoms with Gasteiger partial charge in [0.25, 0.3) is 5.76 Å². The first-order chi connectivity index (χ1) is 7.13. The summed E-state index contributed by atoms with van der Waals surface area (Å²) in [4.78, 5) is 23.8. The summed E-state index contributed by atoms with van der Waals surface area (Å²) in [5, 5.41) is 9.50. The molecule has 0 radical (unpaired) electrons. The van der Waals surface area contributed by atoms with Crippen molar-refractivity contribution in [1.29, 1.82) is 0 Å². The van der Waals surface area contributed by atoms with Gasteiger partial charge in [-0.1, -0.05) is 6.07 Å². The van der Waals surface area contributed by atoms with Crippen LogP contribution in [0.15, 0.2) is 36.4 Å². The molecule has 5 nitrogen and oxygen atoms in total. The quantitative estimate of drug-likeness (QED) is 0.505. The van der Waals surface area contributed by atoms with Crippen LogP contribution in [0.5, 0.6) is 0 Å². The Labute approximate surface area is 85.9 Å². The summed E-state index contributed by atoms with van der Waals surface area (Å²) in [5.74, 6) is -1.70. The van der Waals surface area contributed by atoms with Gasteiger partial charge in [-0.2, -0.15) is 4.57 Å². The number of pyridine rings is 1. The van der Waals surface area contributed by atoms with Gasteiger partial charge in [0.15, 0.2) is 12.4 Å². The van der Waals surface area contributed by atoms with Crippen LogP contribution in [0.1, 0.15) is 0 Å². The smallest absolute Gasteiger partial charge is 0.330 e. The van der Waals surface area contributed by atoms with Crippen LogP contribution >= 0.6 is 0 Å². The SMILES string of the molecule is CN1C(=O)C(O)=C([n+]2ccccc2)C1=O. The Morgan fingerprint density at radius 2 is 1.73 bits per heavy atom. The first kappa shape index (κ1) is 9.39. The fourth-order valence-electron chi connectivity index (χ4n) is 1.39. The molecule has 0 saturated heterocycles. The highest BCUT2D eigenvalue weighted by Gasteiger charge is 2.42. The molecule has 1 aromatic rings. The van der Waals surface area contributed by atoms with E-state index in [1.807, 2.05) is 0 Å². The van der Waals surface area contributed by atoms with Gasteiger partial charge in [-0.25, -0.2) is 0 Å². The van der Waals surface area contributed by atoms with Crippen LogP contribution in [0.2, 0.25) is 0 Å². The summed E-state index contributed by atoms with van der Waals surface area (Å²) in [7, 11) is 1.33. The first-order valence-corrected chi connectivity index (χ1v) is 4.35. The predicted octanol–water partition coefficient (Wildman–Crippen LogP) is -0.301. The second-order valence-electron chi connectivity index (χ2n) is 3.15. The number of amides is 2. The van der Waals surface area contributed by atoms with Gasteiger partial charge >= 0.3 is 17.5 Å². The highest BCUT2D eigenvalue weighted by atomic mass is 16.3. The van der Waals surface area contributed by atoms with E-state index in [1.54, 1.807) is 30.6 Å². The van der Waals surface area contributed by atoms with Gasteiger partial charge in [0.05, 0.1) is 0 Å². The lowest BCUT2D eigenvalue weighted by molar-refractivity contribution is -0.578.